The Balaban J connectivity index is 2.38. The molecule has 0 radical (unpaired) electrons. The summed E-state index contributed by atoms with van der Waals surface area (Å²) in [5.41, 5.74) is 1.20. The summed E-state index contributed by atoms with van der Waals surface area (Å²) in [6, 6.07) is 14.8. The van der Waals surface area contributed by atoms with E-state index in [2.05, 4.69) is 61.6 Å². The smallest absolute Gasteiger partial charge is 0.0643 e. The molecule has 0 spiro atoms. The molecule has 1 unspecified atom stereocenters. The van der Waals surface area contributed by atoms with Gasteiger partial charge in [-0.15, -0.1) is 0 Å². The molecule has 2 atom stereocenters. The fraction of sp³-hybridized carbons (Fsp3) is 0.412. The van der Waals surface area contributed by atoms with Gasteiger partial charge in [0.05, 0.1) is 6.10 Å². The predicted molar refractivity (Wildman–Crippen MR) is 81.5 cm³/mol. The van der Waals surface area contributed by atoms with E-state index in [-0.39, 0.29) is 17.9 Å². The van der Waals surface area contributed by atoms with E-state index in [1.54, 1.807) is 0 Å². The molecule has 2 rings (SSSR count). The van der Waals surface area contributed by atoms with Crippen LogP contribution < -0.4 is 5.32 Å². The Kier molecular flexibility index (Phi) is 4.56. The summed E-state index contributed by atoms with van der Waals surface area (Å²) < 4.78 is 0. The van der Waals surface area contributed by atoms with Crippen molar-refractivity contribution in [1.29, 1.82) is 0 Å². The van der Waals surface area contributed by atoms with Gasteiger partial charge in [0.15, 0.2) is 0 Å². The first-order valence-corrected chi connectivity index (χ1v) is 6.95. The number of aliphatic hydroxyl groups excluding tert-OH is 1. The monoisotopic (exact) mass is 257 g/mol. The minimum absolute atomic E-state index is 0.134. The van der Waals surface area contributed by atoms with E-state index in [9.17, 15) is 5.11 Å². The first-order chi connectivity index (χ1) is 9.13. The maximum Gasteiger partial charge on any atom is 0.0643 e. The maximum absolute atomic E-state index is 10.4. The molecule has 0 saturated heterocycles. The zero-order valence-corrected chi connectivity index (χ0v) is 11.9. The minimum atomic E-state index is -0.325. The highest BCUT2D eigenvalue weighted by Crippen LogP contribution is 2.27. The molecule has 2 heteroatoms. The van der Waals surface area contributed by atoms with Gasteiger partial charge in [-0.1, -0.05) is 56.3 Å². The number of rotatable bonds is 5. The van der Waals surface area contributed by atoms with E-state index in [0.717, 1.165) is 6.54 Å². The highest BCUT2D eigenvalue weighted by Gasteiger charge is 2.23. The Morgan fingerprint density at radius 3 is 2.37 bits per heavy atom. The Labute approximate surface area is 115 Å². The quantitative estimate of drug-likeness (QED) is 0.862. The molecular formula is C17H23NO. The molecule has 0 fully saturated rings. The van der Waals surface area contributed by atoms with Crippen LogP contribution in [0.2, 0.25) is 0 Å². The number of likely N-dealkylation sites (N-methyl/N-ethyl adjacent to an activating group) is 1. The fourth-order valence-electron chi connectivity index (χ4n) is 2.56. The second-order valence-electron chi connectivity index (χ2n) is 5.51. The van der Waals surface area contributed by atoms with Crippen molar-refractivity contribution in [1.82, 2.24) is 5.32 Å². The minimum Gasteiger partial charge on any atom is -0.392 e. The van der Waals surface area contributed by atoms with Crippen molar-refractivity contribution in [2.24, 2.45) is 5.92 Å². The standard InChI is InChI=1S/C17H23NO/c1-12(2)17(19)16(11-18-3)15-9-8-13-6-4-5-7-14(13)10-15/h4-10,12,16-19H,11H2,1-3H3/t16?,17-/m0/s1. The molecule has 102 valence electrons. The SMILES string of the molecule is CNCC(c1ccc2ccccc2c1)[C@@H](O)C(C)C. The highest BCUT2D eigenvalue weighted by atomic mass is 16.3. The summed E-state index contributed by atoms with van der Waals surface area (Å²) in [6.07, 6.45) is -0.325. The summed E-state index contributed by atoms with van der Waals surface area (Å²) in [6.45, 7) is 4.92. The zero-order valence-electron chi connectivity index (χ0n) is 11.9. The van der Waals surface area contributed by atoms with Crippen LogP contribution in [0, 0.1) is 5.92 Å². The van der Waals surface area contributed by atoms with Gasteiger partial charge in [-0.05, 0) is 29.3 Å². The molecule has 2 nitrogen and oxygen atoms in total. The van der Waals surface area contributed by atoms with Gasteiger partial charge in [-0.2, -0.15) is 0 Å². The lowest BCUT2D eigenvalue weighted by atomic mass is 9.86. The number of fused-ring (bicyclic) bond motifs is 1. The second-order valence-corrected chi connectivity index (χ2v) is 5.51. The first kappa shape index (κ1) is 14.0. The highest BCUT2D eigenvalue weighted by molar-refractivity contribution is 5.83. The molecule has 0 aliphatic heterocycles. The van der Waals surface area contributed by atoms with Crippen LogP contribution in [-0.2, 0) is 0 Å². The lowest BCUT2D eigenvalue weighted by molar-refractivity contribution is 0.0961. The summed E-state index contributed by atoms with van der Waals surface area (Å²) >= 11 is 0. The van der Waals surface area contributed by atoms with Gasteiger partial charge in [0.25, 0.3) is 0 Å². The number of nitrogens with one attached hydrogen (secondary N) is 1. The number of hydrogen-bond acceptors (Lipinski definition) is 2. The molecule has 0 aromatic heterocycles. The van der Waals surface area contributed by atoms with Gasteiger partial charge in [-0.3, -0.25) is 0 Å². The normalized spacial score (nSPS) is 14.8. The number of benzene rings is 2. The molecule has 0 amide bonds. The van der Waals surface area contributed by atoms with Gasteiger partial charge in [0.1, 0.15) is 0 Å². The van der Waals surface area contributed by atoms with E-state index in [1.807, 2.05) is 7.05 Å². The van der Waals surface area contributed by atoms with Crippen molar-refractivity contribution in [3.8, 4) is 0 Å². The average Bonchev–Trinajstić information content (AvgIpc) is 2.43. The van der Waals surface area contributed by atoms with Crippen LogP contribution in [0.15, 0.2) is 42.5 Å². The van der Waals surface area contributed by atoms with Gasteiger partial charge in [0.2, 0.25) is 0 Å². The van der Waals surface area contributed by atoms with Crippen LogP contribution in [0.1, 0.15) is 25.3 Å². The maximum atomic E-state index is 10.4. The van der Waals surface area contributed by atoms with Crippen molar-refractivity contribution in [2.45, 2.75) is 25.9 Å². The summed E-state index contributed by atoms with van der Waals surface area (Å²) in [4.78, 5) is 0. The van der Waals surface area contributed by atoms with E-state index < -0.39 is 0 Å². The lowest BCUT2D eigenvalue weighted by Gasteiger charge is -2.26. The Morgan fingerprint density at radius 1 is 1.05 bits per heavy atom. The largest absolute Gasteiger partial charge is 0.392 e. The number of aliphatic hydroxyl groups is 1. The molecule has 0 bridgehead atoms. The first-order valence-electron chi connectivity index (χ1n) is 6.95. The Morgan fingerprint density at radius 2 is 1.74 bits per heavy atom. The Bertz CT molecular complexity index is 536. The molecule has 0 aliphatic carbocycles. The Hall–Kier alpha value is -1.38. The summed E-state index contributed by atoms with van der Waals surface area (Å²) in [7, 11) is 1.93. The van der Waals surface area contributed by atoms with Gasteiger partial charge >= 0.3 is 0 Å². The molecular weight excluding hydrogens is 234 g/mol. The number of hydrogen-bond donors (Lipinski definition) is 2. The zero-order chi connectivity index (χ0) is 13.8. The summed E-state index contributed by atoms with van der Waals surface area (Å²) in [5, 5.41) is 16.1. The predicted octanol–water partition coefficient (Wildman–Crippen LogP) is 3.16. The van der Waals surface area contributed by atoms with E-state index in [4.69, 9.17) is 0 Å². The van der Waals surface area contributed by atoms with Gasteiger partial charge < -0.3 is 10.4 Å². The van der Waals surface area contributed by atoms with Crippen LogP contribution in [0.4, 0.5) is 0 Å². The van der Waals surface area contributed by atoms with Gasteiger partial charge in [-0.25, -0.2) is 0 Å². The van der Waals surface area contributed by atoms with Crippen molar-refractivity contribution >= 4 is 10.8 Å². The third kappa shape index (κ3) is 3.14. The molecule has 0 heterocycles. The molecule has 2 aromatic rings. The molecule has 2 aromatic carbocycles. The van der Waals surface area contributed by atoms with Crippen LogP contribution in [0.25, 0.3) is 10.8 Å². The van der Waals surface area contributed by atoms with Crippen LogP contribution in [0.5, 0.6) is 0 Å². The second kappa shape index (κ2) is 6.18. The molecule has 0 saturated carbocycles. The topological polar surface area (TPSA) is 32.3 Å². The third-order valence-corrected chi connectivity index (χ3v) is 3.72. The average molecular weight is 257 g/mol. The summed E-state index contributed by atoms with van der Waals surface area (Å²) in [5.74, 6) is 0.388. The van der Waals surface area contributed by atoms with Gasteiger partial charge in [0, 0.05) is 12.5 Å². The molecule has 19 heavy (non-hydrogen) atoms. The fourth-order valence-corrected chi connectivity index (χ4v) is 2.56. The van der Waals surface area contributed by atoms with E-state index >= 15 is 0 Å². The van der Waals surface area contributed by atoms with Crippen LogP contribution in [-0.4, -0.2) is 24.8 Å². The van der Waals surface area contributed by atoms with Crippen LogP contribution >= 0.6 is 0 Å². The van der Waals surface area contributed by atoms with E-state index in [1.165, 1.54) is 16.3 Å². The van der Waals surface area contributed by atoms with Crippen molar-refractivity contribution in [3.63, 3.8) is 0 Å². The third-order valence-electron chi connectivity index (χ3n) is 3.72. The van der Waals surface area contributed by atoms with E-state index in [0.29, 0.717) is 0 Å². The van der Waals surface area contributed by atoms with Crippen molar-refractivity contribution in [3.05, 3.63) is 48.0 Å². The van der Waals surface area contributed by atoms with Crippen molar-refractivity contribution in [2.75, 3.05) is 13.6 Å². The molecule has 2 N–H and O–H groups in total. The molecule has 0 aliphatic rings. The van der Waals surface area contributed by atoms with Crippen LogP contribution in [0.3, 0.4) is 0 Å². The van der Waals surface area contributed by atoms with Crippen molar-refractivity contribution < 1.29 is 5.11 Å². The lowest BCUT2D eigenvalue weighted by Crippen LogP contribution is -2.31.